The number of halogens is 1. The van der Waals surface area contributed by atoms with Crippen LogP contribution in [0.3, 0.4) is 0 Å². The van der Waals surface area contributed by atoms with Crippen LogP contribution in [0.1, 0.15) is 95.5 Å². The first-order chi connectivity index (χ1) is 25.1. The van der Waals surface area contributed by atoms with Crippen molar-refractivity contribution in [2.75, 3.05) is 13.7 Å². The number of pyridine rings is 1. The molecule has 1 spiro atoms. The molecule has 4 amide bonds. The lowest BCUT2D eigenvalue weighted by Crippen LogP contribution is -2.58. The number of ether oxygens (including phenoxy) is 2. The molecule has 0 unspecified atom stereocenters. The Labute approximate surface area is 307 Å². The van der Waals surface area contributed by atoms with E-state index in [2.05, 4.69) is 15.4 Å². The minimum Gasteiger partial charge on any atom is -0.497 e. The van der Waals surface area contributed by atoms with Gasteiger partial charge in [-0.1, -0.05) is 31.9 Å². The lowest BCUT2D eigenvalue weighted by Gasteiger charge is -2.38. The van der Waals surface area contributed by atoms with E-state index < -0.39 is 73.9 Å². The minimum atomic E-state index is -4.04. The number of hydrogen-bond donors (Lipinski definition) is 4. The van der Waals surface area contributed by atoms with Crippen LogP contribution >= 0.6 is 0 Å². The molecule has 6 atom stereocenters. The van der Waals surface area contributed by atoms with Gasteiger partial charge in [-0.2, -0.15) is 0 Å². The van der Waals surface area contributed by atoms with Crippen molar-refractivity contribution in [2.24, 2.45) is 5.92 Å². The van der Waals surface area contributed by atoms with Gasteiger partial charge in [-0.3, -0.25) is 19.1 Å². The van der Waals surface area contributed by atoms with E-state index in [1.54, 1.807) is 25.1 Å². The number of nitrogens with zero attached hydrogens (tertiary/aromatic N) is 2. The molecule has 14 nitrogen and oxygen atoms in total. The average molecular weight is 756 g/mol. The van der Waals surface area contributed by atoms with Gasteiger partial charge in [0.05, 0.1) is 29.6 Å². The van der Waals surface area contributed by atoms with Gasteiger partial charge in [0.25, 0.3) is 5.91 Å². The Morgan fingerprint density at radius 1 is 1.17 bits per heavy atom. The van der Waals surface area contributed by atoms with Gasteiger partial charge in [0.1, 0.15) is 40.9 Å². The number of carbonyl (C=O) groups is 4. The predicted octanol–water partition coefficient (Wildman–Crippen LogP) is 3.97. The fourth-order valence-corrected chi connectivity index (χ4v) is 9.45. The summed E-state index contributed by atoms with van der Waals surface area (Å²) in [6.07, 6.45) is 4.41. The monoisotopic (exact) mass is 755 g/mol. The topological polar surface area (TPSA) is 193 Å². The number of amides is 4. The third kappa shape index (κ3) is 6.67. The maximum absolute atomic E-state index is 16.7. The van der Waals surface area contributed by atoms with Crippen LogP contribution < -0.4 is 24.8 Å². The largest absolute Gasteiger partial charge is 0.497 e. The van der Waals surface area contributed by atoms with Crippen molar-refractivity contribution < 1.29 is 46.6 Å². The predicted molar refractivity (Wildman–Crippen MR) is 190 cm³/mol. The number of sulfonamides is 1. The first-order valence-corrected chi connectivity index (χ1v) is 19.8. The van der Waals surface area contributed by atoms with E-state index in [-0.39, 0.29) is 38.0 Å². The number of carboxylic acid groups (broad SMARTS) is 1. The summed E-state index contributed by atoms with van der Waals surface area (Å²) >= 11 is 0. The Balaban J connectivity index is 1.26. The zero-order valence-electron chi connectivity index (χ0n) is 30.1. The second kappa shape index (κ2) is 13.4. The molecule has 53 heavy (non-hydrogen) atoms. The van der Waals surface area contributed by atoms with Crippen molar-refractivity contribution >= 4 is 44.7 Å². The van der Waals surface area contributed by atoms with E-state index >= 15 is 4.39 Å². The zero-order chi connectivity index (χ0) is 37.9. The first-order valence-electron chi connectivity index (χ1n) is 18.3. The average Bonchev–Trinajstić information content (AvgIpc) is 4.00. The summed E-state index contributed by atoms with van der Waals surface area (Å²) in [4.78, 5) is 60.5. The van der Waals surface area contributed by atoms with Gasteiger partial charge in [0.2, 0.25) is 21.8 Å². The molecule has 3 aliphatic heterocycles. The van der Waals surface area contributed by atoms with Crippen molar-refractivity contribution in [1.29, 1.82) is 0 Å². The molecule has 5 aliphatic rings. The van der Waals surface area contributed by atoms with Crippen LogP contribution in [0.15, 0.2) is 30.4 Å². The summed E-state index contributed by atoms with van der Waals surface area (Å²) in [5.41, 5.74) is -1.65. The second-order valence-electron chi connectivity index (χ2n) is 15.4. The van der Waals surface area contributed by atoms with Gasteiger partial charge in [-0.05, 0) is 70.1 Å². The minimum absolute atomic E-state index is 0.140. The van der Waals surface area contributed by atoms with E-state index in [4.69, 9.17) is 14.5 Å². The highest BCUT2D eigenvalue weighted by molar-refractivity contribution is 7.91. The van der Waals surface area contributed by atoms with Crippen LogP contribution in [0.25, 0.3) is 10.9 Å². The van der Waals surface area contributed by atoms with Crippen LogP contribution in [0, 0.1) is 5.92 Å². The van der Waals surface area contributed by atoms with E-state index in [0.29, 0.717) is 66.4 Å². The number of carbonyl (C=O) groups excluding carboxylic acids is 3. The Hall–Kier alpha value is -4.47. The van der Waals surface area contributed by atoms with E-state index in [1.165, 1.54) is 12.0 Å². The smallest absolute Gasteiger partial charge is 0.405 e. The lowest BCUT2D eigenvalue weighted by molar-refractivity contribution is -0.141. The lowest BCUT2D eigenvalue weighted by atomic mass is 9.85. The maximum Gasteiger partial charge on any atom is 0.405 e. The summed E-state index contributed by atoms with van der Waals surface area (Å²) in [5, 5.41) is 15.3. The molecular formula is C37H46FN5O9S. The van der Waals surface area contributed by atoms with Crippen LogP contribution in [-0.2, 0) is 30.8 Å². The summed E-state index contributed by atoms with van der Waals surface area (Å²) in [5.74, 6) is -2.05. The molecule has 4 heterocycles. The molecule has 16 heteroatoms. The summed E-state index contributed by atoms with van der Waals surface area (Å²) in [7, 11) is -2.53. The molecule has 2 aliphatic carbocycles. The molecule has 1 saturated heterocycles. The van der Waals surface area contributed by atoms with Crippen molar-refractivity contribution in [2.45, 2.75) is 119 Å². The summed E-state index contributed by atoms with van der Waals surface area (Å²) in [6, 6.07) is 2.68. The van der Waals surface area contributed by atoms with Gasteiger partial charge in [-0.15, -0.1) is 0 Å². The number of aryl methyl sites for hydroxylation is 1. The van der Waals surface area contributed by atoms with Gasteiger partial charge in [0, 0.05) is 29.7 Å². The fraction of sp³-hybridized carbons (Fsp3) is 0.595. The van der Waals surface area contributed by atoms with Crippen LogP contribution in [0.5, 0.6) is 11.5 Å². The van der Waals surface area contributed by atoms with Crippen molar-refractivity contribution in [3.63, 3.8) is 0 Å². The summed E-state index contributed by atoms with van der Waals surface area (Å²) < 4.78 is 56.2. The second-order valence-corrected chi connectivity index (χ2v) is 17.6. The van der Waals surface area contributed by atoms with Gasteiger partial charge >= 0.3 is 6.09 Å². The highest BCUT2D eigenvalue weighted by atomic mass is 32.2. The molecule has 0 radical (unpaired) electrons. The van der Waals surface area contributed by atoms with Gasteiger partial charge < -0.3 is 30.1 Å². The van der Waals surface area contributed by atoms with E-state index in [1.807, 2.05) is 19.1 Å². The quantitative estimate of drug-likeness (QED) is 0.314. The molecule has 1 aromatic heterocycles. The van der Waals surface area contributed by atoms with Crippen LogP contribution in [-0.4, -0.2) is 88.8 Å². The van der Waals surface area contributed by atoms with Crippen LogP contribution in [0.4, 0.5) is 9.18 Å². The number of hydrogen-bond acceptors (Lipinski definition) is 9. The molecule has 1 aromatic carbocycles. The molecule has 286 valence electrons. The molecular weight excluding hydrogens is 709 g/mol. The number of allylic oxidation sites excluding steroid dienone is 1. The number of fused-ring (bicyclic) bond motifs is 5. The van der Waals surface area contributed by atoms with E-state index in [9.17, 15) is 32.7 Å². The Kier molecular flexibility index (Phi) is 9.34. The molecule has 7 rings (SSSR count). The molecule has 2 aromatic rings. The van der Waals surface area contributed by atoms with Crippen molar-refractivity contribution in [1.82, 2.24) is 25.2 Å². The standard InChI is InChI=1S/C37H46FN5O9S/c1-4-25-30-29(23-16-22(51-3)12-13-26(23)39-25)24(38)18-36(52-30)19-28-31(44)41-37(33(46)42-53(49,50)35(2)14-15-35)17-21(37)10-8-6-5-7-9-11-27(40-34(47)48)32(45)43(28)20-36/h8,10,12-13,16,21,24,27-28,40H,4-7,9,11,14-15,17-20H2,1-3H3,(H,41,44)(H,42,46)(H,47,48)/b10-8-/t21-,24-,27+,28+,36-,37-/m1/s1. The Morgan fingerprint density at radius 2 is 1.94 bits per heavy atom. The van der Waals surface area contributed by atoms with E-state index in [0.717, 1.165) is 6.42 Å². The van der Waals surface area contributed by atoms with Crippen LogP contribution in [0.2, 0.25) is 0 Å². The normalized spacial score (nSPS) is 31.4. The van der Waals surface area contributed by atoms with Gasteiger partial charge in [0.15, 0.2) is 0 Å². The third-order valence-corrected chi connectivity index (χ3v) is 13.8. The molecule has 0 bridgehead atoms. The number of alkyl halides is 1. The first kappa shape index (κ1) is 36.9. The number of nitrogens with one attached hydrogen (secondary N) is 3. The highest BCUT2D eigenvalue weighted by Gasteiger charge is 2.64. The van der Waals surface area contributed by atoms with Crippen molar-refractivity contribution in [3.8, 4) is 11.5 Å². The number of aromatic nitrogens is 1. The number of rotatable bonds is 6. The maximum atomic E-state index is 16.7. The zero-order valence-corrected chi connectivity index (χ0v) is 30.9. The Morgan fingerprint density at radius 3 is 2.64 bits per heavy atom. The molecule has 2 saturated carbocycles. The SMILES string of the molecule is CCc1nc2ccc(OC)cc2c2c1O[C@]1(C[C@H]2F)C[C@H]2C(=O)N[C@]3(C(=O)NS(=O)(=O)C4(C)CC4)C[C@H]3/C=C\CCCCC[C@H](NC(=O)O)C(=O)N2C1. The highest BCUT2D eigenvalue weighted by Crippen LogP contribution is 2.52. The fourth-order valence-electron chi connectivity index (χ4n) is 8.14. The molecule has 3 fully saturated rings. The molecule has 4 N–H and O–H groups in total. The number of methoxy groups -OCH3 is 1. The Bertz CT molecular complexity index is 2000. The third-order valence-electron chi connectivity index (χ3n) is 11.7. The van der Waals surface area contributed by atoms with Gasteiger partial charge in [-0.25, -0.2) is 22.6 Å². The van der Waals surface area contributed by atoms with Crippen molar-refractivity contribution in [3.05, 3.63) is 41.6 Å². The number of benzene rings is 1. The summed E-state index contributed by atoms with van der Waals surface area (Å²) in [6.45, 7) is 3.18.